The standard InChI is InChI=1S/C10H16N2O8.Fe.Na.H2O/c1-7(13)17-11(18-8(2)14)5-6-12(19-9(3)15)20-10(4)16;;;/h5-6H2,1-4H3;;;1H2/q;+3;+1;. The molecule has 0 unspecified atom stereocenters. The van der Waals surface area contributed by atoms with Crippen LogP contribution < -0.4 is 29.6 Å². The predicted octanol–water partition coefficient (Wildman–Crippen LogP) is -4.32. The smallest absolute Gasteiger partial charge is 0.412 e. The Balaban J connectivity index is -0.000000602. The molecule has 0 aliphatic carbocycles. The van der Waals surface area contributed by atoms with Gasteiger partial charge in [0.2, 0.25) is 0 Å². The van der Waals surface area contributed by atoms with Crippen molar-refractivity contribution in [3.63, 3.8) is 0 Å². The van der Waals surface area contributed by atoms with Crippen LogP contribution in [0, 0.1) is 0 Å². The molecule has 0 aromatic heterocycles. The first-order valence-corrected chi connectivity index (χ1v) is 5.50. The Morgan fingerprint density at radius 2 is 0.826 bits per heavy atom. The van der Waals surface area contributed by atoms with Gasteiger partial charge in [0.15, 0.2) is 0 Å². The van der Waals surface area contributed by atoms with E-state index in [1.54, 1.807) is 0 Å². The van der Waals surface area contributed by atoms with E-state index < -0.39 is 23.9 Å². The minimum Gasteiger partial charge on any atom is -0.412 e. The van der Waals surface area contributed by atoms with Crippen molar-refractivity contribution in [2.45, 2.75) is 27.7 Å². The number of hydrogen-bond donors (Lipinski definition) is 0. The third-order valence-electron chi connectivity index (χ3n) is 1.39. The molecule has 0 amide bonds. The Kier molecular flexibility index (Phi) is 21.2. The molecule has 1 radical (unpaired) electrons. The maximum atomic E-state index is 10.8. The quantitative estimate of drug-likeness (QED) is 0.310. The van der Waals surface area contributed by atoms with E-state index in [-0.39, 0.29) is 65.2 Å². The van der Waals surface area contributed by atoms with Gasteiger partial charge in [0, 0.05) is 38.1 Å². The first kappa shape index (κ1) is 30.2. The van der Waals surface area contributed by atoms with Gasteiger partial charge in [0.25, 0.3) is 0 Å². The Hall–Kier alpha value is -0.721. The van der Waals surface area contributed by atoms with Gasteiger partial charge in [-0.25, -0.2) is 0 Å². The van der Waals surface area contributed by atoms with Crippen molar-refractivity contribution in [2.75, 3.05) is 13.1 Å². The molecule has 0 aliphatic rings. The van der Waals surface area contributed by atoms with Crippen molar-refractivity contribution in [3.05, 3.63) is 0 Å². The van der Waals surface area contributed by atoms with Gasteiger partial charge in [0.05, 0.1) is 13.1 Å². The maximum Gasteiger partial charge on any atom is 3.00 e. The van der Waals surface area contributed by atoms with Crippen molar-refractivity contribution < 1.29 is 90.6 Å². The van der Waals surface area contributed by atoms with Crippen molar-refractivity contribution >= 4 is 23.9 Å². The van der Waals surface area contributed by atoms with Crippen LogP contribution in [0.2, 0.25) is 0 Å². The molecule has 11 nitrogen and oxygen atoms in total. The molecule has 0 heterocycles. The number of hydrogen-bond acceptors (Lipinski definition) is 10. The summed E-state index contributed by atoms with van der Waals surface area (Å²) in [5, 5.41) is 1.15. The number of carbonyl (C=O) groups excluding carboxylic acids is 4. The first-order chi connectivity index (χ1) is 9.20. The van der Waals surface area contributed by atoms with Crippen LogP contribution in [0.4, 0.5) is 0 Å². The van der Waals surface area contributed by atoms with E-state index in [0.717, 1.165) is 27.7 Å². The van der Waals surface area contributed by atoms with Gasteiger partial charge >= 0.3 is 70.5 Å². The molecule has 0 aliphatic heterocycles. The maximum absolute atomic E-state index is 10.8. The third kappa shape index (κ3) is 19.2. The van der Waals surface area contributed by atoms with Gasteiger partial charge in [-0.15, -0.1) is 0 Å². The molecule has 13 heteroatoms. The molecule has 0 bridgehead atoms. The molecule has 127 valence electrons. The summed E-state index contributed by atoms with van der Waals surface area (Å²) < 4.78 is 0. The monoisotopic (exact) mass is 389 g/mol. The van der Waals surface area contributed by atoms with Gasteiger partial charge in [0.1, 0.15) is 0 Å². The second-order valence-corrected chi connectivity index (χ2v) is 3.44. The summed E-state index contributed by atoms with van der Waals surface area (Å²) in [5.41, 5.74) is 0. The zero-order valence-corrected chi connectivity index (χ0v) is 16.5. The van der Waals surface area contributed by atoms with E-state index in [4.69, 9.17) is 0 Å². The van der Waals surface area contributed by atoms with Crippen LogP contribution in [0.15, 0.2) is 0 Å². The zero-order chi connectivity index (χ0) is 15.7. The summed E-state index contributed by atoms with van der Waals surface area (Å²) in [4.78, 5) is 61.4. The summed E-state index contributed by atoms with van der Waals surface area (Å²) in [5.74, 6) is -2.90. The topological polar surface area (TPSA) is 143 Å². The molecule has 0 aromatic carbocycles. The van der Waals surface area contributed by atoms with Gasteiger partial charge < -0.3 is 24.8 Å². The Morgan fingerprint density at radius 3 is 0.957 bits per heavy atom. The fourth-order valence-corrected chi connectivity index (χ4v) is 0.957. The van der Waals surface area contributed by atoms with E-state index in [1.165, 1.54) is 0 Å². The van der Waals surface area contributed by atoms with E-state index in [1.807, 2.05) is 0 Å². The fourth-order valence-electron chi connectivity index (χ4n) is 0.957. The van der Waals surface area contributed by atoms with Crippen LogP contribution in [0.25, 0.3) is 0 Å². The largest absolute Gasteiger partial charge is 3.00 e. The van der Waals surface area contributed by atoms with Gasteiger partial charge in [-0.1, -0.05) is 0 Å². The molecule has 2 N–H and O–H groups in total. The molecular weight excluding hydrogens is 371 g/mol. The van der Waals surface area contributed by atoms with E-state index >= 15 is 0 Å². The van der Waals surface area contributed by atoms with Crippen molar-refractivity contribution in [1.29, 1.82) is 0 Å². The Labute approximate surface area is 165 Å². The minimum atomic E-state index is -0.724. The second-order valence-electron chi connectivity index (χ2n) is 3.44. The molecule has 0 aromatic rings. The third-order valence-corrected chi connectivity index (χ3v) is 1.39. The number of rotatable bonds is 7. The summed E-state index contributed by atoms with van der Waals surface area (Å²) in [6.07, 6.45) is 0. The normalized spacial score (nSPS) is 8.78. The predicted molar refractivity (Wildman–Crippen MR) is 64.1 cm³/mol. The second kappa shape index (κ2) is 16.1. The van der Waals surface area contributed by atoms with Gasteiger partial charge in [-0.05, 0) is 0 Å². The SMILES string of the molecule is CC(=O)ON(CCN(OC(C)=O)OC(C)=O)OC(C)=O.O.[Fe+3].[Na+]. The molecule has 0 atom stereocenters. The zero-order valence-electron chi connectivity index (χ0n) is 13.4. The minimum absolute atomic E-state index is 0. The van der Waals surface area contributed by atoms with E-state index in [0.29, 0.717) is 10.5 Å². The Bertz CT molecular complexity index is 329. The number of carbonyl (C=O) groups is 4. The van der Waals surface area contributed by atoms with E-state index in [9.17, 15) is 19.2 Å². The first-order valence-electron chi connectivity index (χ1n) is 5.50. The van der Waals surface area contributed by atoms with Gasteiger partial charge in [-0.3, -0.25) is 19.2 Å². The van der Waals surface area contributed by atoms with Crippen LogP contribution in [0.5, 0.6) is 0 Å². The van der Waals surface area contributed by atoms with Crippen LogP contribution >= 0.6 is 0 Å². The molecule has 0 saturated heterocycles. The summed E-state index contributed by atoms with van der Waals surface area (Å²) >= 11 is 0. The molecule has 23 heavy (non-hydrogen) atoms. The molecular formula is C10H18FeN2NaO9+4. The van der Waals surface area contributed by atoms with Crippen LogP contribution in [0.3, 0.4) is 0 Å². The van der Waals surface area contributed by atoms with E-state index in [2.05, 4.69) is 19.4 Å². The summed E-state index contributed by atoms with van der Waals surface area (Å²) in [6.45, 7) is 3.97. The van der Waals surface area contributed by atoms with Gasteiger partial charge in [-0.2, -0.15) is 0 Å². The number of hydroxylamine groups is 4. The molecule has 0 fully saturated rings. The number of nitrogens with zero attached hydrogens (tertiary/aromatic N) is 2. The van der Waals surface area contributed by atoms with Crippen LogP contribution in [-0.4, -0.2) is 52.9 Å². The van der Waals surface area contributed by atoms with Crippen molar-refractivity contribution in [1.82, 2.24) is 10.5 Å². The van der Waals surface area contributed by atoms with Crippen LogP contribution in [0.1, 0.15) is 27.7 Å². The van der Waals surface area contributed by atoms with Crippen molar-refractivity contribution in [2.24, 2.45) is 0 Å². The summed E-state index contributed by atoms with van der Waals surface area (Å²) in [6, 6.07) is 0. The average Bonchev–Trinajstić information content (AvgIpc) is 2.22. The summed E-state index contributed by atoms with van der Waals surface area (Å²) in [7, 11) is 0. The van der Waals surface area contributed by atoms with Crippen molar-refractivity contribution in [3.8, 4) is 0 Å². The molecule has 0 saturated carbocycles. The average molecular weight is 389 g/mol. The van der Waals surface area contributed by atoms with Crippen LogP contribution in [-0.2, 0) is 55.6 Å². The molecule has 0 rings (SSSR count). The molecule has 0 spiro atoms. The fraction of sp³-hybridized carbons (Fsp3) is 0.600. The Morgan fingerprint density at radius 1 is 0.652 bits per heavy atom.